The number of amides is 1. The summed E-state index contributed by atoms with van der Waals surface area (Å²) in [5.41, 5.74) is 0.612. The van der Waals surface area contributed by atoms with Crippen LogP contribution in [0.3, 0.4) is 0 Å². The summed E-state index contributed by atoms with van der Waals surface area (Å²) in [4.78, 5) is 11.7. The quantitative estimate of drug-likeness (QED) is 0.638. The third-order valence-electron chi connectivity index (χ3n) is 1.76. The first-order valence-electron chi connectivity index (χ1n) is 4.58. The molecule has 0 heterocycles. The second-order valence-electron chi connectivity index (χ2n) is 2.99. The van der Waals surface area contributed by atoms with Crippen LogP contribution in [0.15, 0.2) is 39.3 Å². The average molecular weight is 367 g/mol. The molecule has 2 nitrogen and oxygen atoms in total. The minimum Gasteiger partial charge on any atom is -0.349 e. The third-order valence-corrected chi connectivity index (χ3v) is 2.85. The molecule has 1 rings (SSSR count). The molecule has 86 valence electrons. The van der Waals surface area contributed by atoms with Gasteiger partial charge >= 0.3 is 0 Å². The number of alkyl halides is 1. The number of nitrogens with one attached hydrogen (secondary N) is 1. The summed E-state index contributed by atoms with van der Waals surface area (Å²) < 4.78 is 1.73. The number of benzene rings is 1. The standard InChI is InChI=1S/C11H10Br2ClNO/c12-9-5-8(6-10(13)7-9)11(16)15-4-2-1-3-14/h1-2,5-7H,3-4H2,(H,15,16)/b2-1+. The lowest BCUT2D eigenvalue weighted by Gasteiger charge is -2.03. The molecule has 0 saturated carbocycles. The van der Waals surface area contributed by atoms with Crippen LogP contribution in [0, 0.1) is 0 Å². The van der Waals surface area contributed by atoms with Crippen LogP contribution in [0.2, 0.25) is 0 Å². The maximum atomic E-state index is 11.7. The second kappa shape index (κ2) is 7.09. The van der Waals surface area contributed by atoms with E-state index in [1.54, 1.807) is 18.2 Å². The van der Waals surface area contributed by atoms with Crippen LogP contribution in [-0.4, -0.2) is 18.3 Å². The van der Waals surface area contributed by atoms with E-state index >= 15 is 0 Å². The van der Waals surface area contributed by atoms with Crippen LogP contribution in [0.5, 0.6) is 0 Å². The molecule has 5 heteroatoms. The molecule has 1 aromatic rings. The zero-order valence-corrected chi connectivity index (χ0v) is 12.3. The van der Waals surface area contributed by atoms with Gasteiger partial charge in [0, 0.05) is 26.9 Å². The summed E-state index contributed by atoms with van der Waals surface area (Å²) in [6.07, 6.45) is 3.61. The normalized spacial score (nSPS) is 10.7. The van der Waals surface area contributed by atoms with E-state index in [0.29, 0.717) is 18.0 Å². The Kier molecular flexibility index (Phi) is 6.09. The lowest BCUT2D eigenvalue weighted by molar-refractivity contribution is 0.0958. The van der Waals surface area contributed by atoms with Crippen molar-refractivity contribution in [3.8, 4) is 0 Å². The van der Waals surface area contributed by atoms with Crippen molar-refractivity contribution in [1.82, 2.24) is 5.32 Å². The number of allylic oxidation sites excluding steroid dienone is 1. The average Bonchev–Trinajstić information content (AvgIpc) is 2.22. The van der Waals surface area contributed by atoms with Crippen LogP contribution in [0.25, 0.3) is 0 Å². The highest BCUT2D eigenvalue weighted by Gasteiger charge is 2.05. The Bertz CT molecular complexity index is 387. The van der Waals surface area contributed by atoms with E-state index in [4.69, 9.17) is 11.6 Å². The molecule has 0 aliphatic carbocycles. The SMILES string of the molecule is O=C(NC/C=C/CCl)c1cc(Br)cc(Br)c1. The van der Waals surface area contributed by atoms with E-state index in [1.807, 2.05) is 12.1 Å². The fraction of sp³-hybridized carbons (Fsp3) is 0.182. The van der Waals surface area contributed by atoms with E-state index in [9.17, 15) is 4.79 Å². The van der Waals surface area contributed by atoms with Crippen LogP contribution in [-0.2, 0) is 0 Å². The predicted molar refractivity (Wildman–Crippen MR) is 74.0 cm³/mol. The first-order chi connectivity index (χ1) is 7.63. The van der Waals surface area contributed by atoms with Crippen LogP contribution in [0.4, 0.5) is 0 Å². The summed E-state index contributed by atoms with van der Waals surface area (Å²) >= 11 is 12.1. The van der Waals surface area contributed by atoms with Crippen molar-refractivity contribution in [2.45, 2.75) is 0 Å². The molecule has 0 aromatic heterocycles. The Morgan fingerprint density at radius 3 is 2.44 bits per heavy atom. The third kappa shape index (κ3) is 4.68. The van der Waals surface area contributed by atoms with Crippen molar-refractivity contribution in [3.63, 3.8) is 0 Å². The summed E-state index contributed by atoms with van der Waals surface area (Å²) in [6.45, 7) is 0.482. The number of carbonyl (C=O) groups excluding carboxylic acids is 1. The van der Waals surface area contributed by atoms with Crippen LogP contribution in [0.1, 0.15) is 10.4 Å². The van der Waals surface area contributed by atoms with Crippen molar-refractivity contribution in [1.29, 1.82) is 0 Å². The Hall–Kier alpha value is -0.320. The molecule has 0 bridgehead atoms. The molecular formula is C11H10Br2ClNO. The monoisotopic (exact) mass is 365 g/mol. The summed E-state index contributed by atoms with van der Waals surface area (Å²) in [7, 11) is 0. The Morgan fingerprint density at radius 1 is 1.25 bits per heavy atom. The summed E-state index contributed by atoms with van der Waals surface area (Å²) in [5, 5.41) is 2.76. The fourth-order valence-corrected chi connectivity index (χ4v) is 2.50. The highest BCUT2D eigenvalue weighted by Crippen LogP contribution is 2.19. The number of hydrogen-bond acceptors (Lipinski definition) is 1. The van der Waals surface area contributed by atoms with E-state index in [0.717, 1.165) is 8.95 Å². The van der Waals surface area contributed by atoms with Gasteiger partial charge in [-0.3, -0.25) is 4.79 Å². The lowest BCUT2D eigenvalue weighted by atomic mass is 10.2. The van der Waals surface area contributed by atoms with E-state index in [-0.39, 0.29) is 5.91 Å². The fourth-order valence-electron chi connectivity index (χ4n) is 1.08. The first kappa shape index (κ1) is 13.7. The number of hydrogen-bond donors (Lipinski definition) is 1. The largest absolute Gasteiger partial charge is 0.349 e. The van der Waals surface area contributed by atoms with Gasteiger partial charge in [0.2, 0.25) is 0 Å². The zero-order chi connectivity index (χ0) is 12.0. The van der Waals surface area contributed by atoms with Gasteiger partial charge in [0.1, 0.15) is 0 Å². The Balaban J connectivity index is 2.62. The number of carbonyl (C=O) groups is 1. The van der Waals surface area contributed by atoms with Gasteiger partial charge < -0.3 is 5.32 Å². The van der Waals surface area contributed by atoms with Crippen molar-refractivity contribution in [2.24, 2.45) is 0 Å². The smallest absolute Gasteiger partial charge is 0.251 e. The van der Waals surface area contributed by atoms with Gasteiger partial charge in [0.05, 0.1) is 0 Å². The summed E-state index contributed by atoms with van der Waals surface area (Å²) in [6, 6.07) is 5.42. The molecule has 0 fully saturated rings. The van der Waals surface area contributed by atoms with Gasteiger partial charge in [-0.15, -0.1) is 11.6 Å². The van der Waals surface area contributed by atoms with E-state index in [2.05, 4.69) is 37.2 Å². The molecule has 0 aliphatic rings. The molecular weight excluding hydrogens is 357 g/mol. The van der Waals surface area contributed by atoms with Gasteiger partial charge in [0.15, 0.2) is 0 Å². The Labute approximate surface area is 116 Å². The van der Waals surface area contributed by atoms with Gasteiger partial charge in [-0.1, -0.05) is 44.0 Å². The maximum Gasteiger partial charge on any atom is 0.251 e. The van der Waals surface area contributed by atoms with Gasteiger partial charge in [-0.25, -0.2) is 0 Å². The topological polar surface area (TPSA) is 29.1 Å². The second-order valence-corrected chi connectivity index (χ2v) is 5.13. The van der Waals surface area contributed by atoms with Crippen molar-refractivity contribution in [3.05, 3.63) is 44.9 Å². The Morgan fingerprint density at radius 2 is 1.88 bits per heavy atom. The molecule has 0 spiro atoms. The molecule has 0 radical (unpaired) electrons. The molecule has 0 aliphatic heterocycles. The maximum absolute atomic E-state index is 11.7. The molecule has 1 aromatic carbocycles. The predicted octanol–water partition coefficient (Wildman–Crippen LogP) is 3.74. The van der Waals surface area contributed by atoms with Crippen molar-refractivity contribution < 1.29 is 4.79 Å². The zero-order valence-electron chi connectivity index (χ0n) is 8.34. The number of rotatable bonds is 4. The molecule has 0 saturated heterocycles. The van der Waals surface area contributed by atoms with Gasteiger partial charge in [0.25, 0.3) is 5.91 Å². The molecule has 0 unspecified atom stereocenters. The van der Waals surface area contributed by atoms with Crippen LogP contribution < -0.4 is 5.32 Å². The first-order valence-corrected chi connectivity index (χ1v) is 6.71. The molecule has 1 amide bonds. The van der Waals surface area contributed by atoms with Crippen LogP contribution >= 0.6 is 43.5 Å². The lowest BCUT2D eigenvalue weighted by Crippen LogP contribution is -2.23. The van der Waals surface area contributed by atoms with E-state index < -0.39 is 0 Å². The minimum absolute atomic E-state index is 0.110. The van der Waals surface area contributed by atoms with Gasteiger partial charge in [-0.05, 0) is 18.2 Å². The minimum atomic E-state index is -0.110. The van der Waals surface area contributed by atoms with E-state index in [1.165, 1.54) is 0 Å². The van der Waals surface area contributed by atoms with Crippen molar-refractivity contribution in [2.75, 3.05) is 12.4 Å². The highest BCUT2D eigenvalue weighted by atomic mass is 79.9. The highest BCUT2D eigenvalue weighted by molar-refractivity contribution is 9.11. The van der Waals surface area contributed by atoms with Crippen molar-refractivity contribution >= 4 is 49.4 Å². The molecule has 16 heavy (non-hydrogen) atoms. The molecule has 1 N–H and O–H groups in total. The van der Waals surface area contributed by atoms with Gasteiger partial charge in [-0.2, -0.15) is 0 Å². The molecule has 0 atom stereocenters. The number of halogens is 3. The summed E-state index contributed by atoms with van der Waals surface area (Å²) in [5.74, 6) is 0.347.